The molecule has 32 heavy (non-hydrogen) atoms. The average molecular weight is 467 g/mol. The van der Waals surface area contributed by atoms with Gasteiger partial charge in [-0.1, -0.05) is 24.0 Å². The Hall–Kier alpha value is -3.83. The molecule has 0 atom stereocenters. The van der Waals surface area contributed by atoms with Crippen LogP contribution in [0.2, 0.25) is 0 Å². The second-order valence-corrected chi connectivity index (χ2v) is 8.42. The normalized spacial score (nSPS) is 14.9. The molecule has 9 nitrogen and oxygen atoms in total. The minimum Gasteiger partial charge on any atom is -0.457 e. The minimum absolute atomic E-state index is 0.00653. The van der Waals surface area contributed by atoms with Gasteiger partial charge >= 0.3 is 0 Å². The summed E-state index contributed by atoms with van der Waals surface area (Å²) in [6.45, 7) is 1.75. The Kier molecular flexibility index (Phi) is 5.59. The lowest BCUT2D eigenvalue weighted by Gasteiger charge is -2.13. The number of rotatable bonds is 5. The maximum atomic E-state index is 12.9. The van der Waals surface area contributed by atoms with Gasteiger partial charge in [0.2, 0.25) is 0 Å². The maximum Gasteiger partial charge on any atom is 0.270 e. The van der Waals surface area contributed by atoms with Gasteiger partial charge in [-0.2, -0.15) is 0 Å². The van der Waals surface area contributed by atoms with Crippen LogP contribution < -0.4 is 4.90 Å². The molecule has 4 rings (SSSR count). The highest BCUT2D eigenvalue weighted by Crippen LogP contribution is 2.37. The Balaban J connectivity index is 1.58. The van der Waals surface area contributed by atoms with Crippen LogP contribution >= 0.6 is 24.0 Å². The van der Waals surface area contributed by atoms with Crippen molar-refractivity contribution in [2.75, 3.05) is 4.90 Å². The number of amides is 1. The lowest BCUT2D eigenvalue weighted by molar-refractivity contribution is -0.385. The summed E-state index contributed by atoms with van der Waals surface area (Å²) in [5.41, 5.74) is 1.73. The predicted octanol–water partition coefficient (Wildman–Crippen LogP) is 5.48. The standard InChI is InChI=1S/C21H13N3O6S2/c1-12-10-15(24(28)29)6-8-17(12)18-9-7-16(30-18)11-19-20(25)22(21(31)32-19)13-2-4-14(5-3-13)23(26)27/h2-11H,1H3/b19-11+. The summed E-state index contributed by atoms with van der Waals surface area (Å²) in [7, 11) is 0. The van der Waals surface area contributed by atoms with Crippen LogP contribution in [-0.2, 0) is 4.79 Å². The molecule has 11 heteroatoms. The van der Waals surface area contributed by atoms with Crippen molar-refractivity contribution in [1.82, 2.24) is 0 Å². The summed E-state index contributed by atoms with van der Waals surface area (Å²) in [6.07, 6.45) is 1.56. The van der Waals surface area contributed by atoms with Gasteiger partial charge in [-0.05, 0) is 42.8 Å². The number of carbonyl (C=O) groups excluding carboxylic acids is 1. The van der Waals surface area contributed by atoms with Gasteiger partial charge in [-0.3, -0.25) is 29.9 Å². The van der Waals surface area contributed by atoms with Crippen LogP contribution in [-0.4, -0.2) is 20.1 Å². The summed E-state index contributed by atoms with van der Waals surface area (Å²) in [5.74, 6) is 0.565. The molecule has 160 valence electrons. The van der Waals surface area contributed by atoms with Crippen LogP contribution in [0.3, 0.4) is 0 Å². The maximum absolute atomic E-state index is 12.9. The molecule has 0 saturated carbocycles. The molecule has 0 spiro atoms. The zero-order chi connectivity index (χ0) is 23.0. The average Bonchev–Trinajstić information content (AvgIpc) is 3.32. The van der Waals surface area contributed by atoms with E-state index in [1.807, 2.05) is 0 Å². The first-order chi connectivity index (χ1) is 15.2. The van der Waals surface area contributed by atoms with Crippen molar-refractivity contribution in [2.45, 2.75) is 6.92 Å². The molecule has 1 saturated heterocycles. The Morgan fingerprint density at radius 2 is 1.66 bits per heavy atom. The number of hydrogen-bond donors (Lipinski definition) is 0. The fourth-order valence-corrected chi connectivity index (χ4v) is 4.44. The molecule has 2 heterocycles. The number of anilines is 1. The predicted molar refractivity (Wildman–Crippen MR) is 124 cm³/mol. The van der Waals surface area contributed by atoms with Gasteiger partial charge in [0.1, 0.15) is 11.5 Å². The number of furan rings is 1. The highest BCUT2D eigenvalue weighted by Gasteiger charge is 2.33. The monoisotopic (exact) mass is 467 g/mol. The quantitative estimate of drug-likeness (QED) is 0.209. The minimum atomic E-state index is -0.519. The van der Waals surface area contributed by atoms with Crippen molar-refractivity contribution in [3.8, 4) is 11.3 Å². The van der Waals surface area contributed by atoms with Crippen molar-refractivity contribution in [3.63, 3.8) is 0 Å². The Bertz CT molecular complexity index is 1310. The second-order valence-electron chi connectivity index (χ2n) is 6.75. The zero-order valence-electron chi connectivity index (χ0n) is 16.4. The van der Waals surface area contributed by atoms with Crippen molar-refractivity contribution >= 4 is 57.3 Å². The van der Waals surface area contributed by atoms with Gasteiger partial charge in [0.15, 0.2) is 4.32 Å². The number of hydrogen-bond acceptors (Lipinski definition) is 8. The van der Waals surface area contributed by atoms with E-state index in [1.54, 1.807) is 31.2 Å². The topological polar surface area (TPSA) is 120 Å². The summed E-state index contributed by atoms with van der Waals surface area (Å²) in [6, 6.07) is 13.4. The van der Waals surface area contributed by atoms with Crippen molar-refractivity contribution in [3.05, 3.63) is 91.1 Å². The first-order valence-electron chi connectivity index (χ1n) is 9.12. The zero-order valence-corrected chi connectivity index (χ0v) is 18.0. The molecule has 0 aliphatic carbocycles. The number of nitrogens with zero attached hydrogens (tertiary/aromatic N) is 3. The van der Waals surface area contributed by atoms with E-state index in [0.717, 1.165) is 11.8 Å². The summed E-state index contributed by atoms with van der Waals surface area (Å²) >= 11 is 6.41. The second kappa shape index (κ2) is 8.36. The Morgan fingerprint density at radius 1 is 1.00 bits per heavy atom. The lowest BCUT2D eigenvalue weighted by atomic mass is 10.1. The molecule has 0 radical (unpaired) electrons. The number of benzene rings is 2. The molecule has 0 N–H and O–H groups in total. The van der Waals surface area contributed by atoms with E-state index >= 15 is 0 Å². The van der Waals surface area contributed by atoms with Crippen molar-refractivity contribution < 1.29 is 19.1 Å². The van der Waals surface area contributed by atoms with Crippen molar-refractivity contribution in [2.24, 2.45) is 0 Å². The molecule has 3 aromatic rings. The third kappa shape index (κ3) is 4.03. The van der Waals surface area contributed by atoms with Crippen LogP contribution in [0.25, 0.3) is 17.4 Å². The third-order valence-electron chi connectivity index (χ3n) is 4.70. The van der Waals surface area contributed by atoms with Crippen LogP contribution in [0.15, 0.2) is 63.9 Å². The molecular weight excluding hydrogens is 454 g/mol. The number of nitro benzene ring substituents is 2. The number of nitro groups is 2. The largest absolute Gasteiger partial charge is 0.457 e. The van der Waals surface area contributed by atoms with Crippen LogP contribution in [0.1, 0.15) is 11.3 Å². The number of carbonyl (C=O) groups is 1. The summed E-state index contributed by atoms with van der Waals surface area (Å²) in [4.78, 5) is 35.3. The van der Waals surface area contributed by atoms with E-state index in [4.69, 9.17) is 16.6 Å². The van der Waals surface area contributed by atoms with E-state index in [0.29, 0.717) is 37.6 Å². The van der Waals surface area contributed by atoms with Crippen LogP contribution in [0.4, 0.5) is 17.1 Å². The molecule has 1 aromatic heterocycles. The number of thiocarbonyl (C=S) groups is 1. The van der Waals surface area contributed by atoms with E-state index in [1.165, 1.54) is 41.3 Å². The lowest BCUT2D eigenvalue weighted by Crippen LogP contribution is -2.27. The molecular formula is C21H13N3O6S2. The van der Waals surface area contributed by atoms with E-state index < -0.39 is 9.85 Å². The van der Waals surface area contributed by atoms with Gasteiger partial charge in [0, 0.05) is 35.9 Å². The van der Waals surface area contributed by atoms with Gasteiger partial charge < -0.3 is 4.42 Å². The van der Waals surface area contributed by atoms with Gasteiger partial charge in [-0.25, -0.2) is 0 Å². The molecule has 1 fully saturated rings. The Labute approximate surface area is 190 Å². The van der Waals surface area contributed by atoms with Gasteiger partial charge in [0.05, 0.1) is 20.4 Å². The van der Waals surface area contributed by atoms with Gasteiger partial charge in [-0.15, -0.1) is 0 Å². The highest BCUT2D eigenvalue weighted by molar-refractivity contribution is 8.27. The van der Waals surface area contributed by atoms with E-state index in [2.05, 4.69) is 0 Å². The first-order valence-corrected chi connectivity index (χ1v) is 10.3. The van der Waals surface area contributed by atoms with Crippen molar-refractivity contribution in [1.29, 1.82) is 0 Å². The smallest absolute Gasteiger partial charge is 0.270 e. The Morgan fingerprint density at radius 3 is 2.28 bits per heavy atom. The first kappa shape index (κ1) is 21.4. The molecule has 2 aromatic carbocycles. The van der Waals surface area contributed by atoms with Crippen LogP contribution in [0, 0.1) is 27.2 Å². The molecule has 0 unspecified atom stereocenters. The van der Waals surface area contributed by atoms with E-state index in [-0.39, 0.29) is 17.3 Å². The summed E-state index contributed by atoms with van der Waals surface area (Å²) in [5, 5.41) is 21.8. The third-order valence-corrected chi connectivity index (χ3v) is 6.00. The summed E-state index contributed by atoms with van der Waals surface area (Å²) < 4.78 is 6.13. The number of thioether (sulfide) groups is 1. The fraction of sp³-hybridized carbons (Fsp3) is 0.0476. The van der Waals surface area contributed by atoms with E-state index in [9.17, 15) is 25.0 Å². The molecule has 1 aliphatic heterocycles. The molecule has 0 bridgehead atoms. The SMILES string of the molecule is Cc1cc([N+](=O)[O-])ccc1-c1ccc(/C=C2/SC(=S)N(c3ccc([N+](=O)[O-])cc3)C2=O)o1. The molecule has 1 aliphatic rings. The molecule has 1 amide bonds. The number of non-ortho nitro benzene ring substituents is 2. The number of aryl methyl sites for hydroxylation is 1. The van der Waals surface area contributed by atoms with Gasteiger partial charge in [0.25, 0.3) is 17.3 Å². The fourth-order valence-electron chi connectivity index (χ4n) is 3.16. The van der Waals surface area contributed by atoms with Crippen LogP contribution in [0.5, 0.6) is 0 Å². The highest BCUT2D eigenvalue weighted by atomic mass is 32.2.